The van der Waals surface area contributed by atoms with Crippen LogP contribution in [0.5, 0.6) is 11.5 Å². The normalized spacial score (nSPS) is 12.5. The molecule has 1 aliphatic rings. The third kappa shape index (κ3) is 2.88. The molecule has 1 aromatic heterocycles. The van der Waals surface area contributed by atoms with E-state index in [1.165, 1.54) is 12.3 Å². The molecule has 0 atom stereocenters. The van der Waals surface area contributed by atoms with Crippen LogP contribution in [-0.4, -0.2) is 23.8 Å². The van der Waals surface area contributed by atoms with Crippen molar-refractivity contribution in [3.63, 3.8) is 0 Å². The minimum absolute atomic E-state index is 0.0172. The van der Waals surface area contributed by atoms with Gasteiger partial charge in [0, 0.05) is 11.6 Å². The van der Waals surface area contributed by atoms with Crippen molar-refractivity contribution in [1.82, 2.24) is 5.43 Å². The van der Waals surface area contributed by atoms with Gasteiger partial charge in [-0.1, -0.05) is 11.3 Å². The minimum Gasteiger partial charge on any atom is -0.454 e. The highest BCUT2D eigenvalue weighted by molar-refractivity contribution is 7.16. The van der Waals surface area contributed by atoms with Crippen LogP contribution in [0, 0.1) is 10.1 Å². The summed E-state index contributed by atoms with van der Waals surface area (Å²) >= 11 is 0.969. The fourth-order valence-corrected chi connectivity index (χ4v) is 2.46. The van der Waals surface area contributed by atoms with Crippen molar-refractivity contribution in [2.24, 2.45) is 5.10 Å². The number of hydrogen-bond donors (Lipinski definition) is 1. The summed E-state index contributed by atoms with van der Waals surface area (Å²) in [6.07, 6.45) is 1.35. The van der Waals surface area contributed by atoms with Gasteiger partial charge in [-0.05, 0) is 24.3 Å². The van der Waals surface area contributed by atoms with Gasteiger partial charge < -0.3 is 9.47 Å². The summed E-state index contributed by atoms with van der Waals surface area (Å²) in [7, 11) is 0. The average molecular weight is 319 g/mol. The molecule has 1 amide bonds. The first kappa shape index (κ1) is 14.0. The van der Waals surface area contributed by atoms with Gasteiger partial charge in [-0.2, -0.15) is 5.10 Å². The number of ether oxygens (including phenoxy) is 2. The van der Waals surface area contributed by atoms with Gasteiger partial charge in [0.25, 0.3) is 5.91 Å². The van der Waals surface area contributed by atoms with Crippen LogP contribution in [-0.2, 0) is 0 Å². The maximum atomic E-state index is 11.9. The molecule has 0 bridgehead atoms. The van der Waals surface area contributed by atoms with E-state index in [-0.39, 0.29) is 11.8 Å². The number of hydrazone groups is 1. The molecule has 8 nitrogen and oxygen atoms in total. The quantitative estimate of drug-likeness (QED) is 0.528. The summed E-state index contributed by atoms with van der Waals surface area (Å²) in [6.45, 7) is 0.135. The van der Waals surface area contributed by atoms with E-state index in [2.05, 4.69) is 10.5 Å². The average Bonchev–Trinajstić information content (AvgIpc) is 3.15. The lowest BCUT2D eigenvalue weighted by atomic mass is 10.2. The van der Waals surface area contributed by atoms with Crippen molar-refractivity contribution in [3.05, 3.63) is 50.9 Å². The number of benzene rings is 1. The number of amides is 1. The second-order valence-corrected chi connectivity index (χ2v) is 5.29. The Kier molecular flexibility index (Phi) is 3.71. The highest BCUT2D eigenvalue weighted by atomic mass is 32.1. The van der Waals surface area contributed by atoms with Gasteiger partial charge >= 0.3 is 5.00 Å². The Morgan fingerprint density at radius 1 is 1.32 bits per heavy atom. The predicted molar refractivity (Wildman–Crippen MR) is 78.6 cm³/mol. The molecule has 3 rings (SSSR count). The van der Waals surface area contributed by atoms with E-state index in [0.29, 0.717) is 21.9 Å². The Bertz CT molecular complexity index is 771. The Labute approximate surface area is 128 Å². The Morgan fingerprint density at radius 3 is 2.91 bits per heavy atom. The van der Waals surface area contributed by atoms with Crippen LogP contribution in [0.1, 0.15) is 15.2 Å². The van der Waals surface area contributed by atoms with Gasteiger partial charge in [-0.3, -0.25) is 14.9 Å². The van der Waals surface area contributed by atoms with Crippen LogP contribution < -0.4 is 14.9 Å². The molecule has 0 aliphatic carbocycles. The van der Waals surface area contributed by atoms with Gasteiger partial charge in [0.1, 0.15) is 0 Å². The van der Waals surface area contributed by atoms with Crippen LogP contribution in [0.4, 0.5) is 5.00 Å². The van der Waals surface area contributed by atoms with Gasteiger partial charge in [-0.25, -0.2) is 5.43 Å². The van der Waals surface area contributed by atoms with E-state index in [4.69, 9.17) is 9.47 Å². The lowest BCUT2D eigenvalue weighted by Gasteiger charge is -2.01. The van der Waals surface area contributed by atoms with E-state index in [1.54, 1.807) is 24.3 Å². The summed E-state index contributed by atoms with van der Waals surface area (Å²) in [6, 6.07) is 7.73. The molecule has 0 radical (unpaired) electrons. The second kappa shape index (κ2) is 5.82. The number of nitro groups is 1. The number of fused-ring (bicyclic) bond motifs is 1. The van der Waals surface area contributed by atoms with Crippen LogP contribution in [0.3, 0.4) is 0 Å². The van der Waals surface area contributed by atoms with Crippen molar-refractivity contribution < 1.29 is 19.2 Å². The maximum Gasteiger partial charge on any atom is 0.324 e. The smallest absolute Gasteiger partial charge is 0.324 e. The molecule has 0 saturated carbocycles. The fourth-order valence-electron chi connectivity index (χ4n) is 1.77. The fraction of sp³-hybridized carbons (Fsp3) is 0.0769. The highest BCUT2D eigenvalue weighted by Gasteiger charge is 2.16. The largest absolute Gasteiger partial charge is 0.454 e. The van der Waals surface area contributed by atoms with Gasteiger partial charge in [0.15, 0.2) is 11.5 Å². The molecule has 0 unspecified atom stereocenters. The predicted octanol–water partition coefficient (Wildman–Crippen LogP) is 2.15. The number of hydrogen-bond acceptors (Lipinski definition) is 7. The van der Waals surface area contributed by atoms with Crippen molar-refractivity contribution in [1.29, 1.82) is 0 Å². The zero-order valence-corrected chi connectivity index (χ0v) is 11.8. The first-order valence-electron chi connectivity index (χ1n) is 6.11. The second-order valence-electron chi connectivity index (χ2n) is 4.20. The Hall–Kier alpha value is -2.94. The number of rotatable bonds is 4. The first-order valence-corrected chi connectivity index (χ1v) is 6.92. The SMILES string of the molecule is O=C(N/N=C/c1ccc([N+](=O)[O-])s1)c1ccc2c(c1)OCO2. The highest BCUT2D eigenvalue weighted by Crippen LogP contribution is 2.32. The summed E-state index contributed by atoms with van der Waals surface area (Å²) in [4.78, 5) is 22.6. The number of nitrogens with one attached hydrogen (secondary N) is 1. The van der Waals surface area contributed by atoms with Crippen molar-refractivity contribution in [2.75, 3.05) is 6.79 Å². The van der Waals surface area contributed by atoms with Gasteiger partial charge in [0.2, 0.25) is 6.79 Å². The van der Waals surface area contributed by atoms with E-state index in [1.807, 2.05) is 0 Å². The first-order chi connectivity index (χ1) is 10.6. The van der Waals surface area contributed by atoms with Crippen LogP contribution in [0.2, 0.25) is 0 Å². The third-order valence-corrected chi connectivity index (χ3v) is 3.76. The standard InChI is InChI=1S/C13H9N3O5S/c17-13(8-1-3-10-11(5-8)21-7-20-10)15-14-6-9-2-4-12(22-9)16(18)19/h1-6H,7H2,(H,15,17)/b14-6+. The topological polar surface area (TPSA) is 103 Å². The lowest BCUT2D eigenvalue weighted by Crippen LogP contribution is -2.17. The van der Waals surface area contributed by atoms with Crippen LogP contribution in [0.15, 0.2) is 35.4 Å². The molecule has 1 aromatic carbocycles. The Morgan fingerprint density at radius 2 is 2.14 bits per heavy atom. The van der Waals surface area contributed by atoms with E-state index < -0.39 is 10.8 Å². The molecule has 9 heteroatoms. The molecule has 1 aliphatic heterocycles. The zero-order chi connectivity index (χ0) is 15.5. The van der Waals surface area contributed by atoms with Crippen LogP contribution in [0.25, 0.3) is 0 Å². The summed E-state index contributed by atoms with van der Waals surface area (Å²) < 4.78 is 10.3. The summed E-state index contributed by atoms with van der Waals surface area (Å²) in [5.41, 5.74) is 2.72. The molecule has 22 heavy (non-hydrogen) atoms. The molecule has 112 valence electrons. The molecule has 0 saturated heterocycles. The van der Waals surface area contributed by atoms with Crippen molar-refractivity contribution in [3.8, 4) is 11.5 Å². The number of carbonyl (C=O) groups excluding carboxylic acids is 1. The summed E-state index contributed by atoms with van der Waals surface area (Å²) in [5, 5.41) is 14.3. The minimum atomic E-state index is -0.479. The van der Waals surface area contributed by atoms with Gasteiger partial charge in [-0.15, -0.1) is 0 Å². The molecule has 0 fully saturated rings. The number of nitrogens with zero attached hydrogens (tertiary/aromatic N) is 2. The molecule has 2 heterocycles. The van der Waals surface area contributed by atoms with E-state index >= 15 is 0 Å². The van der Waals surface area contributed by atoms with Crippen LogP contribution >= 0.6 is 11.3 Å². The monoisotopic (exact) mass is 319 g/mol. The summed E-state index contributed by atoms with van der Waals surface area (Å²) in [5.74, 6) is 0.678. The number of carbonyl (C=O) groups is 1. The lowest BCUT2D eigenvalue weighted by molar-refractivity contribution is -0.380. The van der Waals surface area contributed by atoms with E-state index in [0.717, 1.165) is 11.3 Å². The zero-order valence-electron chi connectivity index (χ0n) is 11.0. The Balaban J connectivity index is 1.64. The molecule has 0 spiro atoms. The van der Waals surface area contributed by atoms with Crippen molar-refractivity contribution >= 4 is 28.5 Å². The number of thiophene rings is 1. The van der Waals surface area contributed by atoms with Gasteiger partial charge in [0.05, 0.1) is 16.0 Å². The maximum absolute atomic E-state index is 11.9. The molecular formula is C13H9N3O5S. The molecule has 2 aromatic rings. The van der Waals surface area contributed by atoms with E-state index in [9.17, 15) is 14.9 Å². The third-order valence-electron chi connectivity index (χ3n) is 2.79. The molecule has 1 N–H and O–H groups in total. The van der Waals surface area contributed by atoms with Crippen molar-refractivity contribution in [2.45, 2.75) is 0 Å². The molecular weight excluding hydrogens is 310 g/mol.